The summed E-state index contributed by atoms with van der Waals surface area (Å²) in [5, 5.41) is 11.9. The Balaban J connectivity index is 1.41. The van der Waals surface area contributed by atoms with Crippen molar-refractivity contribution >= 4 is 16.6 Å². The lowest BCUT2D eigenvalue weighted by molar-refractivity contribution is -0.988. The van der Waals surface area contributed by atoms with Gasteiger partial charge in [-0.25, -0.2) is 0 Å². The van der Waals surface area contributed by atoms with E-state index in [0.29, 0.717) is 0 Å². The van der Waals surface area contributed by atoms with Gasteiger partial charge in [-0.3, -0.25) is 4.90 Å². The van der Waals surface area contributed by atoms with Crippen molar-refractivity contribution in [1.82, 2.24) is 4.98 Å². The van der Waals surface area contributed by atoms with Crippen LogP contribution in [-0.4, -0.2) is 49.9 Å². The summed E-state index contributed by atoms with van der Waals surface area (Å²) >= 11 is 0. The van der Waals surface area contributed by atoms with E-state index in [-0.39, 0.29) is 0 Å². The number of hydrogen-bond donors (Lipinski definition) is 4. The van der Waals surface area contributed by atoms with E-state index < -0.39 is 6.10 Å². The predicted molar refractivity (Wildman–Crippen MR) is 102 cm³/mol. The molecule has 5 heteroatoms. The number of nitrogens with one attached hydrogen (secondary N) is 3. The first-order valence-corrected chi connectivity index (χ1v) is 9.31. The van der Waals surface area contributed by atoms with Crippen LogP contribution in [0.3, 0.4) is 0 Å². The normalized spacial score (nSPS) is 21.6. The molecule has 4 rings (SSSR count). The number of rotatable bonds is 5. The number of aromatic nitrogens is 1. The maximum atomic E-state index is 10.8. The molecule has 2 heterocycles. The molecule has 1 aliphatic heterocycles. The number of hydrogen-bond acceptors (Lipinski definition) is 2. The second-order valence-electron chi connectivity index (χ2n) is 7.10. The first-order chi connectivity index (χ1) is 12.7. The SMILES string of the molecule is COc1ccc2[nH]cc([C@H](O)C[NH+]3CC[NH+](c4ccccc4)CC3)c2c1. The third-order valence-electron chi connectivity index (χ3n) is 5.50. The summed E-state index contributed by atoms with van der Waals surface area (Å²) in [4.78, 5) is 6.27. The average molecular weight is 353 g/mol. The molecule has 0 bridgehead atoms. The topological polar surface area (TPSA) is 54.1 Å². The minimum atomic E-state index is -0.468. The summed E-state index contributed by atoms with van der Waals surface area (Å²) in [6.45, 7) is 5.10. The van der Waals surface area contributed by atoms with Gasteiger partial charge < -0.3 is 19.7 Å². The molecule has 5 nitrogen and oxygen atoms in total. The Hall–Kier alpha value is -2.34. The van der Waals surface area contributed by atoms with Crippen LogP contribution in [0.15, 0.2) is 54.7 Å². The number of fused-ring (bicyclic) bond motifs is 1. The second kappa shape index (κ2) is 7.50. The molecule has 0 spiro atoms. The zero-order chi connectivity index (χ0) is 17.9. The first kappa shape index (κ1) is 17.1. The van der Waals surface area contributed by atoms with Gasteiger partial charge in [-0.2, -0.15) is 0 Å². The van der Waals surface area contributed by atoms with E-state index in [1.807, 2.05) is 24.4 Å². The highest BCUT2D eigenvalue weighted by atomic mass is 16.5. The number of piperazine rings is 1. The van der Waals surface area contributed by atoms with Gasteiger partial charge in [-0.1, -0.05) is 18.2 Å². The number of aliphatic hydroxyl groups excluding tert-OH is 1. The molecular weight excluding hydrogens is 326 g/mol. The van der Waals surface area contributed by atoms with Crippen molar-refractivity contribution in [1.29, 1.82) is 0 Å². The van der Waals surface area contributed by atoms with E-state index in [1.54, 1.807) is 12.0 Å². The van der Waals surface area contributed by atoms with Crippen molar-refractivity contribution in [2.45, 2.75) is 6.10 Å². The molecule has 4 N–H and O–H groups in total. The summed E-state index contributed by atoms with van der Waals surface area (Å²) in [7, 11) is 1.67. The van der Waals surface area contributed by atoms with Crippen LogP contribution in [0.5, 0.6) is 5.75 Å². The number of aliphatic hydroxyl groups is 1. The van der Waals surface area contributed by atoms with Crippen molar-refractivity contribution in [3.63, 3.8) is 0 Å². The lowest BCUT2D eigenvalue weighted by Crippen LogP contribution is -3.26. The quantitative estimate of drug-likeness (QED) is 0.534. The molecule has 26 heavy (non-hydrogen) atoms. The summed E-state index contributed by atoms with van der Waals surface area (Å²) in [5.74, 6) is 0.818. The van der Waals surface area contributed by atoms with Gasteiger partial charge in [0.2, 0.25) is 0 Å². The van der Waals surface area contributed by atoms with E-state index in [4.69, 9.17) is 4.74 Å². The molecule has 0 aliphatic carbocycles. The van der Waals surface area contributed by atoms with Crippen molar-refractivity contribution in [3.8, 4) is 5.75 Å². The summed E-state index contributed by atoms with van der Waals surface area (Å²) in [6.07, 6.45) is 1.46. The van der Waals surface area contributed by atoms with E-state index in [1.165, 1.54) is 10.6 Å². The number of para-hydroxylation sites is 1. The predicted octanol–water partition coefficient (Wildman–Crippen LogP) is 0.325. The number of H-pyrrole nitrogens is 1. The monoisotopic (exact) mass is 353 g/mol. The third-order valence-corrected chi connectivity index (χ3v) is 5.50. The van der Waals surface area contributed by atoms with Crippen LogP contribution in [0.4, 0.5) is 5.69 Å². The van der Waals surface area contributed by atoms with E-state index >= 15 is 0 Å². The largest absolute Gasteiger partial charge is 0.497 e. The van der Waals surface area contributed by atoms with Gasteiger partial charge in [0.05, 0.1) is 7.11 Å². The summed E-state index contributed by atoms with van der Waals surface area (Å²) in [6, 6.07) is 16.6. The Morgan fingerprint density at radius 3 is 2.58 bits per heavy atom. The van der Waals surface area contributed by atoms with E-state index in [2.05, 4.69) is 35.3 Å². The van der Waals surface area contributed by atoms with Crippen LogP contribution in [0.25, 0.3) is 10.9 Å². The Bertz CT molecular complexity index is 854. The van der Waals surface area contributed by atoms with Gasteiger partial charge in [-0.05, 0) is 30.3 Å². The maximum absolute atomic E-state index is 10.8. The van der Waals surface area contributed by atoms with Gasteiger partial charge in [0.15, 0.2) is 0 Å². The minimum Gasteiger partial charge on any atom is -0.497 e. The van der Waals surface area contributed by atoms with Crippen LogP contribution in [0, 0.1) is 0 Å². The molecular formula is C21H27N3O2+2. The zero-order valence-electron chi connectivity index (χ0n) is 15.2. The molecule has 0 unspecified atom stereocenters. The standard InChI is InChI=1S/C21H25N3O2/c1-26-17-7-8-20-18(13-17)19(14-22-20)21(25)15-23-9-11-24(12-10-23)16-5-3-2-4-6-16/h2-8,13-14,21-22,25H,9-12,15H2,1H3/p+2/t21-/m1/s1. The molecule has 1 aromatic heterocycles. The fourth-order valence-electron chi connectivity index (χ4n) is 3.98. The summed E-state index contributed by atoms with van der Waals surface area (Å²) < 4.78 is 5.33. The lowest BCUT2D eigenvalue weighted by Gasteiger charge is -2.30. The highest BCUT2D eigenvalue weighted by Crippen LogP contribution is 2.27. The van der Waals surface area contributed by atoms with Crippen LogP contribution in [-0.2, 0) is 0 Å². The molecule has 1 atom stereocenters. The van der Waals surface area contributed by atoms with Gasteiger partial charge in [0.1, 0.15) is 50.3 Å². The van der Waals surface area contributed by atoms with Crippen LogP contribution >= 0.6 is 0 Å². The highest BCUT2D eigenvalue weighted by Gasteiger charge is 2.27. The maximum Gasteiger partial charge on any atom is 0.132 e. The molecule has 0 amide bonds. The fraction of sp³-hybridized carbons (Fsp3) is 0.333. The van der Waals surface area contributed by atoms with Crippen LogP contribution in [0.2, 0.25) is 0 Å². The Morgan fingerprint density at radius 2 is 1.85 bits per heavy atom. The fourth-order valence-corrected chi connectivity index (χ4v) is 3.98. The van der Waals surface area contributed by atoms with Crippen molar-refractivity contribution in [3.05, 3.63) is 60.3 Å². The molecule has 2 aromatic carbocycles. The molecule has 1 aliphatic rings. The molecule has 1 fully saturated rings. The number of aromatic amines is 1. The van der Waals surface area contributed by atoms with E-state index in [0.717, 1.165) is 54.9 Å². The molecule has 0 saturated carbocycles. The Morgan fingerprint density at radius 1 is 1.08 bits per heavy atom. The average Bonchev–Trinajstić information content (AvgIpc) is 3.12. The van der Waals surface area contributed by atoms with Gasteiger partial charge >= 0.3 is 0 Å². The number of methoxy groups -OCH3 is 1. The Kier molecular flexibility index (Phi) is 4.93. The Labute approximate surface area is 153 Å². The smallest absolute Gasteiger partial charge is 0.132 e. The van der Waals surface area contributed by atoms with Crippen molar-refractivity contribution < 1.29 is 19.6 Å². The number of quaternary nitrogens is 2. The molecule has 1 saturated heterocycles. The van der Waals surface area contributed by atoms with Crippen LogP contribution < -0.4 is 14.5 Å². The van der Waals surface area contributed by atoms with E-state index in [9.17, 15) is 5.11 Å². The van der Waals surface area contributed by atoms with Crippen molar-refractivity contribution in [2.24, 2.45) is 0 Å². The van der Waals surface area contributed by atoms with Gasteiger partial charge in [0.25, 0.3) is 0 Å². The lowest BCUT2D eigenvalue weighted by atomic mass is 10.1. The zero-order valence-corrected chi connectivity index (χ0v) is 15.2. The first-order valence-electron chi connectivity index (χ1n) is 9.31. The summed E-state index contributed by atoms with van der Waals surface area (Å²) in [5.41, 5.74) is 3.37. The molecule has 0 radical (unpaired) electrons. The minimum absolute atomic E-state index is 0.468. The van der Waals surface area contributed by atoms with Gasteiger partial charge in [0, 0.05) is 22.7 Å². The molecule has 3 aromatic rings. The number of benzene rings is 2. The third kappa shape index (κ3) is 3.46. The number of ether oxygens (including phenoxy) is 1. The van der Waals surface area contributed by atoms with Crippen molar-refractivity contribution in [2.75, 3.05) is 39.8 Å². The highest BCUT2D eigenvalue weighted by molar-refractivity contribution is 5.85. The molecule has 136 valence electrons. The van der Waals surface area contributed by atoms with Crippen LogP contribution in [0.1, 0.15) is 11.7 Å². The van der Waals surface area contributed by atoms with Gasteiger partial charge in [-0.15, -0.1) is 0 Å². The second-order valence-corrected chi connectivity index (χ2v) is 7.10.